The van der Waals surface area contributed by atoms with Gasteiger partial charge in [-0.1, -0.05) is 0 Å². The fraction of sp³-hybridized carbons (Fsp3) is 0.700. The zero-order chi connectivity index (χ0) is 25.8. The van der Waals surface area contributed by atoms with Crippen molar-refractivity contribution in [3.05, 3.63) is 0 Å². The molecule has 1 aliphatic rings. The number of nitrogens with one attached hydrogen (secondary N) is 2. The van der Waals surface area contributed by atoms with Crippen LogP contribution in [-0.4, -0.2) is 93.4 Å². The van der Waals surface area contributed by atoms with Crippen LogP contribution in [0, 0.1) is 0 Å². The minimum Gasteiger partial charge on any atom is -0.481 e. The van der Waals surface area contributed by atoms with Gasteiger partial charge in [0.2, 0.25) is 23.6 Å². The predicted octanol–water partition coefficient (Wildman–Crippen LogP) is -1.76. The molecule has 192 valence electrons. The molecule has 0 aromatic carbocycles. The van der Waals surface area contributed by atoms with Crippen molar-refractivity contribution >= 4 is 47.3 Å². The van der Waals surface area contributed by atoms with Crippen LogP contribution >= 0.6 is 11.8 Å². The van der Waals surface area contributed by atoms with Crippen molar-refractivity contribution < 1.29 is 39.0 Å². The minimum absolute atomic E-state index is 0.202. The van der Waals surface area contributed by atoms with Crippen molar-refractivity contribution in [2.75, 3.05) is 18.6 Å². The Morgan fingerprint density at radius 3 is 2.24 bits per heavy atom. The maximum absolute atomic E-state index is 13.0. The van der Waals surface area contributed by atoms with E-state index in [9.17, 15) is 33.9 Å². The number of rotatable bonds is 15. The third kappa shape index (κ3) is 9.55. The summed E-state index contributed by atoms with van der Waals surface area (Å²) in [4.78, 5) is 73.1. The molecule has 0 radical (unpaired) electrons. The van der Waals surface area contributed by atoms with Gasteiger partial charge in [0.15, 0.2) is 0 Å². The Labute approximate surface area is 201 Å². The average molecular weight is 504 g/mol. The van der Waals surface area contributed by atoms with E-state index >= 15 is 0 Å². The first-order valence-electron chi connectivity index (χ1n) is 10.9. The van der Waals surface area contributed by atoms with Crippen molar-refractivity contribution in [3.63, 3.8) is 0 Å². The van der Waals surface area contributed by atoms with Gasteiger partial charge in [0.1, 0.15) is 18.1 Å². The Morgan fingerprint density at radius 2 is 1.68 bits per heavy atom. The van der Waals surface area contributed by atoms with Gasteiger partial charge in [0.25, 0.3) is 0 Å². The second-order valence-electron chi connectivity index (χ2n) is 7.98. The van der Waals surface area contributed by atoms with E-state index < -0.39 is 60.2 Å². The molecule has 1 rings (SSSR count). The first-order valence-corrected chi connectivity index (χ1v) is 12.3. The smallest absolute Gasteiger partial charge is 0.326 e. The van der Waals surface area contributed by atoms with E-state index in [4.69, 9.17) is 16.6 Å². The number of carboxylic acid groups (broad SMARTS) is 2. The van der Waals surface area contributed by atoms with Gasteiger partial charge in [-0.15, -0.1) is 0 Å². The molecular formula is C20H33N5O8S. The molecular weight excluding hydrogens is 470 g/mol. The van der Waals surface area contributed by atoms with Gasteiger partial charge < -0.3 is 37.2 Å². The van der Waals surface area contributed by atoms with Gasteiger partial charge in [-0.05, 0) is 44.1 Å². The molecule has 13 nitrogen and oxygen atoms in total. The van der Waals surface area contributed by atoms with E-state index in [1.54, 1.807) is 11.8 Å². The standard InChI is InChI=1S/C20H33N5O8S/c1-34-10-8-11(21)19(31)25-9-2-3-14(25)18(30)23-12(4-6-15(22)26)17(29)24-13(20(32)33)5-7-16(27)28/h11-14H,2-10,21H2,1H3,(H2,22,26)(H,23,30)(H,24,29)(H,27,28)(H,32,33). The van der Waals surface area contributed by atoms with E-state index in [1.165, 1.54) is 4.90 Å². The van der Waals surface area contributed by atoms with Crippen molar-refractivity contribution in [3.8, 4) is 0 Å². The number of carbonyl (C=O) groups is 6. The SMILES string of the molecule is CSCCC(N)C(=O)N1CCCC1C(=O)NC(CCC(N)=O)C(=O)NC(CCC(=O)O)C(=O)O. The minimum atomic E-state index is -1.50. The fourth-order valence-electron chi connectivity index (χ4n) is 3.51. The quantitative estimate of drug-likeness (QED) is 0.148. The number of primary amides is 1. The Bertz CT molecular complexity index is 780. The number of amides is 4. The second-order valence-corrected chi connectivity index (χ2v) is 8.96. The molecule has 0 bridgehead atoms. The first kappa shape index (κ1) is 29.2. The van der Waals surface area contributed by atoms with Crippen LogP contribution < -0.4 is 22.1 Å². The molecule has 0 saturated carbocycles. The highest BCUT2D eigenvalue weighted by Gasteiger charge is 2.37. The average Bonchev–Trinajstić information content (AvgIpc) is 3.26. The van der Waals surface area contributed by atoms with Crippen molar-refractivity contribution in [2.45, 2.75) is 69.1 Å². The topological polar surface area (TPSA) is 222 Å². The summed E-state index contributed by atoms with van der Waals surface area (Å²) in [5.74, 6) is -4.64. The molecule has 1 heterocycles. The first-order chi connectivity index (χ1) is 16.0. The number of nitrogens with two attached hydrogens (primary N) is 2. The maximum Gasteiger partial charge on any atom is 0.326 e. The Morgan fingerprint density at radius 1 is 1.03 bits per heavy atom. The summed E-state index contributed by atoms with van der Waals surface area (Å²) in [6.45, 7) is 0.332. The molecule has 14 heteroatoms. The maximum atomic E-state index is 13.0. The lowest BCUT2D eigenvalue weighted by Gasteiger charge is -2.28. The number of nitrogens with zero attached hydrogens (tertiary/aromatic N) is 1. The van der Waals surface area contributed by atoms with E-state index in [2.05, 4.69) is 10.6 Å². The van der Waals surface area contributed by atoms with Crippen LogP contribution in [0.5, 0.6) is 0 Å². The van der Waals surface area contributed by atoms with Crippen LogP contribution in [0.15, 0.2) is 0 Å². The lowest BCUT2D eigenvalue weighted by molar-refractivity contribution is -0.144. The van der Waals surface area contributed by atoms with Gasteiger partial charge in [-0.25, -0.2) is 4.79 Å². The Balaban J connectivity index is 2.92. The van der Waals surface area contributed by atoms with E-state index in [-0.39, 0.29) is 25.2 Å². The molecule has 0 spiro atoms. The van der Waals surface area contributed by atoms with Crippen LogP contribution in [0.3, 0.4) is 0 Å². The summed E-state index contributed by atoms with van der Waals surface area (Å²) >= 11 is 1.54. The van der Waals surface area contributed by atoms with Gasteiger partial charge >= 0.3 is 11.9 Å². The van der Waals surface area contributed by atoms with Gasteiger partial charge in [0, 0.05) is 19.4 Å². The number of carboxylic acids is 2. The zero-order valence-electron chi connectivity index (χ0n) is 19.0. The molecule has 1 aliphatic heterocycles. The summed E-state index contributed by atoms with van der Waals surface area (Å²) in [6, 6.07) is -4.44. The molecule has 4 unspecified atom stereocenters. The number of likely N-dealkylation sites (tertiary alicyclic amines) is 1. The fourth-order valence-corrected chi connectivity index (χ4v) is 3.99. The zero-order valence-corrected chi connectivity index (χ0v) is 19.8. The molecule has 4 amide bonds. The van der Waals surface area contributed by atoms with E-state index in [0.717, 1.165) is 0 Å². The second kappa shape index (κ2) is 14.4. The number of hydrogen-bond acceptors (Lipinski definition) is 8. The van der Waals surface area contributed by atoms with Crippen LogP contribution in [0.4, 0.5) is 0 Å². The number of hydrogen-bond donors (Lipinski definition) is 6. The Hall–Kier alpha value is -2.87. The van der Waals surface area contributed by atoms with Gasteiger partial charge in [-0.2, -0.15) is 11.8 Å². The molecule has 34 heavy (non-hydrogen) atoms. The molecule has 0 aromatic heterocycles. The number of aliphatic carboxylic acids is 2. The summed E-state index contributed by atoms with van der Waals surface area (Å²) in [5.41, 5.74) is 11.1. The summed E-state index contributed by atoms with van der Waals surface area (Å²) in [7, 11) is 0. The summed E-state index contributed by atoms with van der Waals surface area (Å²) in [5, 5.41) is 22.7. The van der Waals surface area contributed by atoms with Crippen LogP contribution in [0.1, 0.15) is 44.9 Å². The normalized spacial score (nSPS) is 17.9. The lowest BCUT2D eigenvalue weighted by Crippen LogP contribution is -2.56. The van der Waals surface area contributed by atoms with E-state index in [0.29, 0.717) is 31.6 Å². The van der Waals surface area contributed by atoms with Gasteiger partial charge in [0.05, 0.1) is 6.04 Å². The highest BCUT2D eigenvalue weighted by atomic mass is 32.2. The molecule has 1 saturated heterocycles. The molecule has 0 aliphatic carbocycles. The molecule has 8 N–H and O–H groups in total. The monoisotopic (exact) mass is 503 g/mol. The van der Waals surface area contributed by atoms with E-state index in [1.807, 2.05) is 6.26 Å². The lowest BCUT2D eigenvalue weighted by atomic mass is 10.1. The van der Waals surface area contributed by atoms with Crippen molar-refractivity contribution in [1.82, 2.24) is 15.5 Å². The highest BCUT2D eigenvalue weighted by Crippen LogP contribution is 2.19. The third-order valence-corrected chi connectivity index (χ3v) is 6.01. The highest BCUT2D eigenvalue weighted by molar-refractivity contribution is 7.98. The largest absolute Gasteiger partial charge is 0.481 e. The number of thioether (sulfide) groups is 1. The summed E-state index contributed by atoms with van der Waals surface area (Å²) in [6.07, 6.45) is 1.92. The van der Waals surface area contributed by atoms with Crippen molar-refractivity contribution in [1.29, 1.82) is 0 Å². The van der Waals surface area contributed by atoms with Crippen LogP contribution in [-0.2, 0) is 28.8 Å². The molecule has 0 aromatic rings. The molecule has 1 fully saturated rings. The predicted molar refractivity (Wildman–Crippen MR) is 123 cm³/mol. The summed E-state index contributed by atoms with van der Waals surface area (Å²) < 4.78 is 0. The van der Waals surface area contributed by atoms with Gasteiger partial charge in [-0.3, -0.25) is 24.0 Å². The van der Waals surface area contributed by atoms with Crippen molar-refractivity contribution in [2.24, 2.45) is 11.5 Å². The molecule has 4 atom stereocenters. The third-order valence-electron chi connectivity index (χ3n) is 5.36. The van der Waals surface area contributed by atoms with Crippen LogP contribution in [0.2, 0.25) is 0 Å². The Kier molecular flexibility index (Phi) is 12.4. The van der Waals surface area contributed by atoms with Crippen LogP contribution in [0.25, 0.3) is 0 Å². The number of carbonyl (C=O) groups excluding carboxylic acids is 4.